The predicted octanol–water partition coefficient (Wildman–Crippen LogP) is 2.02. The molecule has 0 saturated carbocycles. The summed E-state index contributed by atoms with van der Waals surface area (Å²) < 4.78 is 37.0. The first-order chi connectivity index (χ1) is 8.45. The van der Waals surface area contributed by atoms with Crippen LogP contribution in [-0.4, -0.2) is 29.0 Å². The highest BCUT2D eigenvalue weighted by Gasteiger charge is 2.32. The molecular formula is C12H16F3N3. The molecule has 100 valence electrons. The molecule has 6 heteroatoms. The van der Waals surface area contributed by atoms with Crippen molar-refractivity contribution in [2.45, 2.75) is 31.6 Å². The zero-order valence-corrected chi connectivity index (χ0v) is 9.95. The van der Waals surface area contributed by atoms with Gasteiger partial charge in [0.05, 0.1) is 0 Å². The maximum Gasteiger partial charge on any atom is 0.433 e. The number of alkyl halides is 3. The summed E-state index contributed by atoms with van der Waals surface area (Å²) >= 11 is 0. The lowest BCUT2D eigenvalue weighted by Gasteiger charge is -2.30. The van der Waals surface area contributed by atoms with Gasteiger partial charge in [-0.15, -0.1) is 0 Å². The van der Waals surface area contributed by atoms with Gasteiger partial charge >= 0.3 is 6.18 Å². The minimum Gasteiger partial charge on any atom is -0.327 e. The summed E-state index contributed by atoms with van der Waals surface area (Å²) in [6.45, 7) is 2.34. The van der Waals surface area contributed by atoms with E-state index in [9.17, 15) is 13.2 Å². The topological polar surface area (TPSA) is 42.1 Å². The summed E-state index contributed by atoms with van der Waals surface area (Å²) in [5.41, 5.74) is 5.80. The maximum atomic E-state index is 12.3. The average molecular weight is 259 g/mol. The van der Waals surface area contributed by atoms with Crippen molar-refractivity contribution < 1.29 is 13.2 Å². The number of likely N-dealkylation sites (tertiary alicyclic amines) is 1. The van der Waals surface area contributed by atoms with Gasteiger partial charge in [0.2, 0.25) is 0 Å². The minimum absolute atomic E-state index is 0.168. The van der Waals surface area contributed by atoms with Gasteiger partial charge in [-0.3, -0.25) is 9.88 Å². The Balaban J connectivity index is 1.98. The summed E-state index contributed by atoms with van der Waals surface area (Å²) in [5.74, 6) is 0. The van der Waals surface area contributed by atoms with Crippen molar-refractivity contribution in [1.29, 1.82) is 0 Å². The molecule has 0 unspecified atom stereocenters. The largest absolute Gasteiger partial charge is 0.433 e. The number of rotatable bonds is 2. The van der Waals surface area contributed by atoms with Gasteiger partial charge in [-0.25, -0.2) is 0 Å². The highest BCUT2D eigenvalue weighted by atomic mass is 19.4. The molecular weight excluding hydrogens is 243 g/mol. The molecule has 0 spiro atoms. The van der Waals surface area contributed by atoms with Gasteiger partial charge in [0, 0.05) is 25.3 Å². The number of hydrogen-bond acceptors (Lipinski definition) is 3. The molecule has 0 radical (unpaired) electrons. The van der Waals surface area contributed by atoms with Crippen LogP contribution < -0.4 is 5.73 Å². The average Bonchev–Trinajstić information content (AvgIpc) is 2.28. The SMILES string of the molecule is N[C@H]1CCCN(Cc2ccc(C(F)(F)F)nc2)C1. The molecule has 1 fully saturated rings. The van der Waals surface area contributed by atoms with Crippen LogP contribution in [0.1, 0.15) is 24.1 Å². The highest BCUT2D eigenvalue weighted by molar-refractivity contribution is 5.16. The van der Waals surface area contributed by atoms with Crippen molar-refractivity contribution >= 4 is 0 Å². The van der Waals surface area contributed by atoms with Crippen LogP contribution in [0.5, 0.6) is 0 Å². The molecule has 2 rings (SSSR count). The second kappa shape index (κ2) is 5.24. The molecule has 0 bridgehead atoms. The summed E-state index contributed by atoms with van der Waals surface area (Å²) in [6.07, 6.45) is -1.02. The van der Waals surface area contributed by atoms with Crippen LogP contribution in [0.3, 0.4) is 0 Å². The second-order valence-electron chi connectivity index (χ2n) is 4.69. The van der Waals surface area contributed by atoms with Crippen LogP contribution in [0.25, 0.3) is 0 Å². The van der Waals surface area contributed by atoms with Crippen molar-refractivity contribution in [3.63, 3.8) is 0 Å². The molecule has 1 aliphatic heterocycles. The first-order valence-corrected chi connectivity index (χ1v) is 5.95. The Bertz CT molecular complexity index is 389. The Morgan fingerprint density at radius 1 is 1.39 bits per heavy atom. The summed E-state index contributed by atoms with van der Waals surface area (Å²) in [5, 5.41) is 0. The number of piperidine rings is 1. The van der Waals surface area contributed by atoms with Gasteiger partial charge in [0.15, 0.2) is 0 Å². The van der Waals surface area contributed by atoms with Crippen molar-refractivity contribution in [3.05, 3.63) is 29.6 Å². The molecule has 2 heterocycles. The minimum atomic E-state index is -4.37. The molecule has 1 atom stereocenters. The van der Waals surface area contributed by atoms with E-state index < -0.39 is 11.9 Å². The molecule has 1 aromatic heterocycles. The molecule has 1 aliphatic rings. The van der Waals surface area contributed by atoms with Crippen molar-refractivity contribution in [2.24, 2.45) is 5.73 Å². The lowest BCUT2D eigenvalue weighted by molar-refractivity contribution is -0.141. The third-order valence-corrected chi connectivity index (χ3v) is 3.06. The Hall–Kier alpha value is -1.14. The van der Waals surface area contributed by atoms with Crippen LogP contribution in [0, 0.1) is 0 Å². The molecule has 2 N–H and O–H groups in total. The van der Waals surface area contributed by atoms with Crippen molar-refractivity contribution in [3.8, 4) is 0 Å². The Morgan fingerprint density at radius 2 is 2.17 bits per heavy atom. The molecule has 3 nitrogen and oxygen atoms in total. The van der Waals surface area contributed by atoms with E-state index >= 15 is 0 Å². The molecule has 0 aromatic carbocycles. The van der Waals surface area contributed by atoms with Crippen molar-refractivity contribution in [1.82, 2.24) is 9.88 Å². The van der Waals surface area contributed by atoms with Crippen LogP contribution in [0.2, 0.25) is 0 Å². The number of hydrogen-bond donors (Lipinski definition) is 1. The highest BCUT2D eigenvalue weighted by Crippen LogP contribution is 2.27. The smallest absolute Gasteiger partial charge is 0.327 e. The van der Waals surface area contributed by atoms with Gasteiger partial charge < -0.3 is 5.73 Å². The predicted molar refractivity (Wildman–Crippen MR) is 61.7 cm³/mol. The number of halogens is 3. The fraction of sp³-hybridized carbons (Fsp3) is 0.583. The summed E-state index contributed by atoms with van der Waals surface area (Å²) in [7, 11) is 0. The lowest BCUT2D eigenvalue weighted by atomic mass is 10.1. The quantitative estimate of drug-likeness (QED) is 0.883. The standard InChI is InChI=1S/C12H16F3N3/c13-12(14,15)11-4-3-9(6-17-11)7-18-5-1-2-10(16)8-18/h3-4,6,10H,1-2,5,7-8,16H2/t10-/m0/s1. The zero-order chi connectivity index (χ0) is 13.2. The third kappa shape index (κ3) is 3.43. The Labute approximate surface area is 104 Å². The normalized spacial score (nSPS) is 22.1. The summed E-state index contributed by atoms with van der Waals surface area (Å²) in [6, 6.07) is 2.68. The van der Waals surface area contributed by atoms with Gasteiger partial charge in [-0.05, 0) is 31.0 Å². The monoisotopic (exact) mass is 259 g/mol. The second-order valence-corrected chi connectivity index (χ2v) is 4.69. The summed E-state index contributed by atoms with van der Waals surface area (Å²) in [4.78, 5) is 5.60. The van der Waals surface area contributed by atoms with Crippen molar-refractivity contribution in [2.75, 3.05) is 13.1 Å². The molecule has 18 heavy (non-hydrogen) atoms. The van der Waals surface area contributed by atoms with Crippen LogP contribution in [0.4, 0.5) is 13.2 Å². The maximum absolute atomic E-state index is 12.3. The number of pyridine rings is 1. The number of nitrogens with two attached hydrogens (primary N) is 1. The van der Waals surface area contributed by atoms with E-state index in [0.717, 1.165) is 37.6 Å². The van der Waals surface area contributed by atoms with Crippen LogP contribution in [-0.2, 0) is 12.7 Å². The molecule has 0 amide bonds. The first kappa shape index (κ1) is 13.3. The van der Waals surface area contributed by atoms with E-state index in [4.69, 9.17) is 5.73 Å². The van der Waals surface area contributed by atoms with Gasteiger partial charge in [0.1, 0.15) is 5.69 Å². The van der Waals surface area contributed by atoms with Crippen LogP contribution in [0.15, 0.2) is 18.3 Å². The van der Waals surface area contributed by atoms with E-state index in [0.29, 0.717) is 6.54 Å². The van der Waals surface area contributed by atoms with Gasteiger partial charge in [0.25, 0.3) is 0 Å². The van der Waals surface area contributed by atoms with E-state index in [2.05, 4.69) is 9.88 Å². The number of nitrogens with zero attached hydrogens (tertiary/aromatic N) is 2. The van der Waals surface area contributed by atoms with E-state index in [1.807, 2.05) is 0 Å². The molecule has 1 aromatic rings. The van der Waals surface area contributed by atoms with Gasteiger partial charge in [-0.1, -0.05) is 6.07 Å². The molecule has 1 saturated heterocycles. The third-order valence-electron chi connectivity index (χ3n) is 3.06. The Morgan fingerprint density at radius 3 is 2.72 bits per heavy atom. The Kier molecular flexibility index (Phi) is 3.87. The zero-order valence-electron chi connectivity index (χ0n) is 9.95. The fourth-order valence-electron chi connectivity index (χ4n) is 2.18. The molecule has 0 aliphatic carbocycles. The van der Waals surface area contributed by atoms with E-state index in [-0.39, 0.29) is 6.04 Å². The lowest BCUT2D eigenvalue weighted by Crippen LogP contribution is -2.42. The first-order valence-electron chi connectivity index (χ1n) is 5.95. The number of aromatic nitrogens is 1. The van der Waals surface area contributed by atoms with E-state index in [1.54, 1.807) is 0 Å². The van der Waals surface area contributed by atoms with Gasteiger partial charge in [-0.2, -0.15) is 13.2 Å². The fourth-order valence-corrected chi connectivity index (χ4v) is 2.18. The van der Waals surface area contributed by atoms with Crippen LogP contribution >= 0.6 is 0 Å². The van der Waals surface area contributed by atoms with E-state index in [1.165, 1.54) is 12.3 Å².